The summed E-state index contributed by atoms with van der Waals surface area (Å²) in [5, 5.41) is 15.2. The van der Waals surface area contributed by atoms with Crippen molar-refractivity contribution in [1.82, 2.24) is 5.32 Å². The monoisotopic (exact) mass is 253 g/mol. The molecule has 0 atom stereocenters. The molecule has 0 radical (unpaired) electrons. The van der Waals surface area contributed by atoms with Gasteiger partial charge >= 0.3 is 0 Å². The molecule has 0 aromatic heterocycles. The zero-order valence-corrected chi connectivity index (χ0v) is 10.8. The molecule has 2 fully saturated rings. The van der Waals surface area contributed by atoms with Gasteiger partial charge in [0, 0.05) is 5.92 Å². The molecule has 0 aromatic rings. The second-order valence-corrected chi connectivity index (χ2v) is 5.60. The van der Waals surface area contributed by atoms with Crippen LogP contribution in [0.1, 0.15) is 57.8 Å². The zero-order valence-electron chi connectivity index (χ0n) is 10.8. The summed E-state index contributed by atoms with van der Waals surface area (Å²) in [4.78, 5) is 12.0. The molecule has 0 spiro atoms. The second kappa shape index (κ2) is 5.59. The highest BCUT2D eigenvalue weighted by atomic mass is 16.4. The molecule has 4 N–H and O–H groups in total. The molecule has 0 heterocycles. The molecular weight excluding hydrogens is 230 g/mol. The average Bonchev–Trinajstić information content (AvgIpc) is 3.15. The van der Waals surface area contributed by atoms with Gasteiger partial charge in [-0.05, 0) is 25.7 Å². The first-order valence-electron chi connectivity index (χ1n) is 6.98. The van der Waals surface area contributed by atoms with Gasteiger partial charge in [-0.1, -0.05) is 37.3 Å². The molecule has 0 saturated heterocycles. The fourth-order valence-corrected chi connectivity index (χ4v) is 2.73. The van der Waals surface area contributed by atoms with E-state index in [1.165, 1.54) is 6.42 Å². The lowest BCUT2D eigenvalue weighted by molar-refractivity contribution is -0.123. The maximum atomic E-state index is 12.0. The minimum absolute atomic E-state index is 0.0715. The highest BCUT2D eigenvalue weighted by Gasteiger charge is 2.40. The SMILES string of the molecule is N/C(=N/O)C1(NC(=O)C2CC2)CCCCCCC1. The number of carbonyl (C=O) groups is 1. The van der Waals surface area contributed by atoms with E-state index in [1.54, 1.807) is 0 Å². The molecule has 0 unspecified atom stereocenters. The molecule has 5 nitrogen and oxygen atoms in total. The van der Waals surface area contributed by atoms with E-state index in [0.717, 1.165) is 51.4 Å². The van der Waals surface area contributed by atoms with Gasteiger partial charge < -0.3 is 16.3 Å². The van der Waals surface area contributed by atoms with E-state index in [9.17, 15) is 4.79 Å². The van der Waals surface area contributed by atoms with Crippen LogP contribution in [0.5, 0.6) is 0 Å². The minimum Gasteiger partial charge on any atom is -0.409 e. The van der Waals surface area contributed by atoms with Gasteiger partial charge in [0.25, 0.3) is 0 Å². The Kier molecular flexibility index (Phi) is 4.09. The lowest BCUT2D eigenvalue weighted by atomic mass is 9.82. The summed E-state index contributed by atoms with van der Waals surface area (Å²) in [5.74, 6) is 0.388. The average molecular weight is 253 g/mol. The third-order valence-electron chi connectivity index (χ3n) is 4.12. The Morgan fingerprint density at radius 2 is 1.72 bits per heavy atom. The Morgan fingerprint density at radius 3 is 2.22 bits per heavy atom. The summed E-state index contributed by atoms with van der Waals surface area (Å²) >= 11 is 0. The van der Waals surface area contributed by atoms with Crippen molar-refractivity contribution in [3.8, 4) is 0 Å². The summed E-state index contributed by atoms with van der Waals surface area (Å²) < 4.78 is 0. The smallest absolute Gasteiger partial charge is 0.223 e. The van der Waals surface area contributed by atoms with E-state index in [-0.39, 0.29) is 17.7 Å². The van der Waals surface area contributed by atoms with E-state index < -0.39 is 5.54 Å². The predicted molar refractivity (Wildman–Crippen MR) is 69.3 cm³/mol. The summed E-state index contributed by atoms with van der Waals surface area (Å²) in [6.07, 6.45) is 9.07. The van der Waals surface area contributed by atoms with Gasteiger partial charge in [0.15, 0.2) is 5.84 Å². The van der Waals surface area contributed by atoms with Crippen LogP contribution < -0.4 is 11.1 Å². The third-order valence-corrected chi connectivity index (χ3v) is 4.12. The number of hydrogen-bond donors (Lipinski definition) is 3. The van der Waals surface area contributed by atoms with Crippen molar-refractivity contribution in [3.63, 3.8) is 0 Å². The number of nitrogens with zero attached hydrogens (tertiary/aromatic N) is 1. The summed E-state index contributed by atoms with van der Waals surface area (Å²) in [6.45, 7) is 0. The highest BCUT2D eigenvalue weighted by molar-refractivity contribution is 5.94. The molecule has 2 aliphatic carbocycles. The van der Waals surface area contributed by atoms with Gasteiger partial charge in [0.2, 0.25) is 5.91 Å². The Bertz CT molecular complexity index is 329. The zero-order chi connectivity index (χ0) is 13.0. The fraction of sp³-hybridized carbons (Fsp3) is 0.846. The van der Waals surface area contributed by atoms with E-state index in [1.807, 2.05) is 0 Å². The number of amidine groups is 1. The summed E-state index contributed by atoms with van der Waals surface area (Å²) in [6, 6.07) is 0. The number of oxime groups is 1. The molecule has 2 rings (SSSR count). The normalized spacial score (nSPS) is 25.0. The summed E-state index contributed by atoms with van der Waals surface area (Å²) in [7, 11) is 0. The van der Waals surface area contributed by atoms with Crippen LogP contribution in [0.4, 0.5) is 0 Å². The molecular formula is C13H23N3O2. The van der Waals surface area contributed by atoms with Gasteiger partial charge in [-0.25, -0.2) is 0 Å². The lowest BCUT2D eigenvalue weighted by Crippen LogP contribution is -2.58. The van der Waals surface area contributed by atoms with Gasteiger partial charge in [-0.15, -0.1) is 0 Å². The van der Waals surface area contributed by atoms with Crippen LogP contribution in [-0.2, 0) is 4.79 Å². The fourth-order valence-electron chi connectivity index (χ4n) is 2.73. The van der Waals surface area contributed by atoms with Crippen molar-refractivity contribution >= 4 is 11.7 Å². The first kappa shape index (κ1) is 13.2. The van der Waals surface area contributed by atoms with Crippen LogP contribution in [0.25, 0.3) is 0 Å². The predicted octanol–water partition coefficient (Wildman–Crippen LogP) is 1.74. The molecule has 2 saturated carbocycles. The lowest BCUT2D eigenvalue weighted by Gasteiger charge is -2.35. The summed E-state index contributed by atoms with van der Waals surface area (Å²) in [5.41, 5.74) is 5.24. The van der Waals surface area contributed by atoms with Crippen LogP contribution in [-0.4, -0.2) is 22.5 Å². The molecule has 1 amide bonds. The van der Waals surface area contributed by atoms with Crippen molar-refractivity contribution in [3.05, 3.63) is 0 Å². The number of nitrogens with one attached hydrogen (secondary N) is 1. The Balaban J connectivity index is 2.11. The number of rotatable bonds is 3. The van der Waals surface area contributed by atoms with Crippen LogP contribution in [0.3, 0.4) is 0 Å². The maximum absolute atomic E-state index is 12.0. The van der Waals surface area contributed by atoms with Crippen molar-refractivity contribution in [2.24, 2.45) is 16.8 Å². The van der Waals surface area contributed by atoms with Crippen LogP contribution in [0.15, 0.2) is 5.16 Å². The van der Waals surface area contributed by atoms with Crippen molar-refractivity contribution < 1.29 is 10.0 Å². The molecule has 102 valence electrons. The maximum Gasteiger partial charge on any atom is 0.223 e. The van der Waals surface area contributed by atoms with Gasteiger partial charge in [0.05, 0.1) is 0 Å². The van der Waals surface area contributed by atoms with Crippen LogP contribution in [0, 0.1) is 5.92 Å². The third kappa shape index (κ3) is 2.94. The molecule has 0 aromatic carbocycles. The number of nitrogens with two attached hydrogens (primary N) is 1. The Hall–Kier alpha value is -1.26. The van der Waals surface area contributed by atoms with Gasteiger partial charge in [-0.3, -0.25) is 4.79 Å². The molecule has 0 bridgehead atoms. The van der Waals surface area contributed by atoms with Crippen molar-refractivity contribution in [1.29, 1.82) is 0 Å². The first-order chi connectivity index (χ1) is 8.68. The van der Waals surface area contributed by atoms with Gasteiger partial charge in [0.1, 0.15) is 5.54 Å². The molecule has 0 aliphatic heterocycles. The van der Waals surface area contributed by atoms with Crippen molar-refractivity contribution in [2.75, 3.05) is 0 Å². The number of carbonyl (C=O) groups excluding carboxylic acids is 1. The standard InChI is InChI=1S/C13H23N3O2/c14-12(16-18)13(15-11(17)10-6-7-10)8-4-2-1-3-5-9-13/h10,18H,1-9H2,(H2,14,16)(H,15,17). The van der Waals surface area contributed by atoms with Crippen molar-refractivity contribution in [2.45, 2.75) is 63.3 Å². The van der Waals surface area contributed by atoms with Crippen LogP contribution >= 0.6 is 0 Å². The molecule has 18 heavy (non-hydrogen) atoms. The van der Waals surface area contributed by atoms with E-state index in [4.69, 9.17) is 10.9 Å². The Labute approximate surface area is 108 Å². The van der Waals surface area contributed by atoms with Crippen LogP contribution in [0.2, 0.25) is 0 Å². The highest BCUT2D eigenvalue weighted by Crippen LogP contribution is 2.32. The number of amides is 1. The number of hydrogen-bond acceptors (Lipinski definition) is 3. The van der Waals surface area contributed by atoms with Gasteiger partial charge in [-0.2, -0.15) is 0 Å². The minimum atomic E-state index is -0.616. The molecule has 5 heteroatoms. The molecule has 2 aliphatic rings. The second-order valence-electron chi connectivity index (χ2n) is 5.60. The Morgan fingerprint density at radius 1 is 1.17 bits per heavy atom. The van der Waals surface area contributed by atoms with E-state index in [0.29, 0.717) is 0 Å². The van der Waals surface area contributed by atoms with E-state index >= 15 is 0 Å². The van der Waals surface area contributed by atoms with E-state index in [2.05, 4.69) is 10.5 Å². The first-order valence-corrected chi connectivity index (χ1v) is 6.98. The quantitative estimate of drug-likeness (QED) is 0.310. The topological polar surface area (TPSA) is 87.7 Å². The largest absolute Gasteiger partial charge is 0.409 e.